The number of aromatic nitrogens is 2. The van der Waals surface area contributed by atoms with E-state index in [1.165, 1.54) is 22.3 Å². The smallest absolute Gasteiger partial charge is 0.135 e. The average molecular weight is 269 g/mol. The lowest BCUT2D eigenvalue weighted by Crippen LogP contribution is -2.07. The molecule has 0 spiro atoms. The van der Waals surface area contributed by atoms with Gasteiger partial charge in [0.05, 0.1) is 0 Å². The van der Waals surface area contributed by atoms with Gasteiger partial charge in [-0.1, -0.05) is 25.1 Å². The van der Waals surface area contributed by atoms with E-state index in [9.17, 15) is 0 Å². The van der Waals surface area contributed by atoms with Crippen LogP contribution in [0.1, 0.15) is 40.7 Å². The summed E-state index contributed by atoms with van der Waals surface area (Å²) < 4.78 is 0. The van der Waals surface area contributed by atoms with Crippen molar-refractivity contribution in [2.24, 2.45) is 0 Å². The number of nitrogens with one attached hydrogen (secondary N) is 1. The minimum atomic E-state index is 0.778. The van der Waals surface area contributed by atoms with Crippen molar-refractivity contribution in [1.29, 1.82) is 0 Å². The van der Waals surface area contributed by atoms with E-state index in [1.54, 1.807) is 0 Å². The summed E-state index contributed by atoms with van der Waals surface area (Å²) in [5, 5.41) is 3.18. The first-order valence-corrected chi connectivity index (χ1v) is 7.15. The van der Waals surface area contributed by atoms with Crippen LogP contribution in [0, 0.1) is 20.8 Å². The Bertz CT molecular complexity index is 618. The van der Waals surface area contributed by atoms with Crippen LogP contribution in [0.5, 0.6) is 0 Å². The zero-order valence-corrected chi connectivity index (χ0v) is 13.0. The summed E-state index contributed by atoms with van der Waals surface area (Å²) in [5.74, 6) is 1.84. The molecule has 1 N–H and O–H groups in total. The van der Waals surface area contributed by atoms with E-state index in [2.05, 4.69) is 61.2 Å². The molecule has 0 saturated heterocycles. The number of benzene rings is 1. The molecule has 0 saturated carbocycles. The number of rotatable bonds is 4. The predicted octanol–water partition coefficient (Wildman–Crippen LogP) is 3.60. The van der Waals surface area contributed by atoms with E-state index in [0.29, 0.717) is 0 Å². The maximum Gasteiger partial charge on any atom is 0.135 e. The van der Waals surface area contributed by atoms with Crippen LogP contribution in [0.25, 0.3) is 0 Å². The maximum absolute atomic E-state index is 4.65. The molecule has 0 amide bonds. The molecule has 3 nitrogen and oxygen atoms in total. The summed E-state index contributed by atoms with van der Waals surface area (Å²) in [6.45, 7) is 8.47. The Balaban J connectivity index is 2.33. The number of aryl methyl sites for hydroxylation is 3. The van der Waals surface area contributed by atoms with Crippen LogP contribution in [0.4, 0.5) is 5.82 Å². The van der Waals surface area contributed by atoms with Gasteiger partial charge in [-0.25, -0.2) is 9.97 Å². The van der Waals surface area contributed by atoms with Gasteiger partial charge in [0, 0.05) is 24.7 Å². The number of nitrogens with zero attached hydrogens (tertiary/aromatic N) is 2. The van der Waals surface area contributed by atoms with Crippen LogP contribution < -0.4 is 5.32 Å². The van der Waals surface area contributed by atoms with E-state index in [1.807, 2.05) is 7.05 Å². The predicted molar refractivity (Wildman–Crippen MR) is 84.4 cm³/mol. The molecule has 20 heavy (non-hydrogen) atoms. The van der Waals surface area contributed by atoms with Crippen molar-refractivity contribution in [2.75, 3.05) is 12.4 Å². The zero-order chi connectivity index (χ0) is 14.7. The zero-order valence-electron chi connectivity index (χ0n) is 13.0. The highest BCUT2D eigenvalue weighted by atomic mass is 15.0. The van der Waals surface area contributed by atoms with Crippen molar-refractivity contribution >= 4 is 5.82 Å². The minimum absolute atomic E-state index is 0.778. The van der Waals surface area contributed by atoms with Gasteiger partial charge in [-0.3, -0.25) is 0 Å². The minimum Gasteiger partial charge on any atom is -0.373 e. The highest BCUT2D eigenvalue weighted by Crippen LogP contribution is 2.18. The summed E-state index contributed by atoms with van der Waals surface area (Å²) in [6, 6.07) is 6.55. The third kappa shape index (κ3) is 2.98. The van der Waals surface area contributed by atoms with Gasteiger partial charge >= 0.3 is 0 Å². The molecule has 0 bridgehead atoms. The van der Waals surface area contributed by atoms with Gasteiger partial charge in [0.2, 0.25) is 0 Å². The lowest BCUT2D eigenvalue weighted by atomic mass is 10.0. The fourth-order valence-electron chi connectivity index (χ4n) is 2.46. The number of anilines is 1. The third-order valence-electron chi connectivity index (χ3n) is 3.78. The van der Waals surface area contributed by atoms with Crippen molar-refractivity contribution in [3.05, 3.63) is 52.0 Å². The van der Waals surface area contributed by atoms with Gasteiger partial charge in [-0.2, -0.15) is 0 Å². The van der Waals surface area contributed by atoms with Gasteiger partial charge in [0.15, 0.2) is 0 Å². The monoisotopic (exact) mass is 269 g/mol. The summed E-state index contributed by atoms with van der Waals surface area (Å²) >= 11 is 0. The Labute approximate surface area is 121 Å². The molecule has 1 aromatic heterocycles. The Morgan fingerprint density at radius 3 is 2.40 bits per heavy atom. The second-order valence-electron chi connectivity index (χ2n) is 5.25. The van der Waals surface area contributed by atoms with Crippen molar-refractivity contribution < 1.29 is 0 Å². The normalized spacial score (nSPS) is 10.7. The standard InChI is InChI=1S/C17H23N3/c1-6-15-13(4)19-16(20-17(15)18-5)10-14-8-7-11(2)12(3)9-14/h7-9H,6,10H2,1-5H3,(H,18,19,20). The lowest BCUT2D eigenvalue weighted by molar-refractivity contribution is 0.906. The maximum atomic E-state index is 4.65. The van der Waals surface area contributed by atoms with Crippen LogP contribution in [0.2, 0.25) is 0 Å². The molecule has 2 rings (SSSR count). The highest BCUT2D eigenvalue weighted by Gasteiger charge is 2.09. The second kappa shape index (κ2) is 6.04. The number of hydrogen-bond donors (Lipinski definition) is 1. The molecule has 0 radical (unpaired) electrons. The van der Waals surface area contributed by atoms with E-state index >= 15 is 0 Å². The molecule has 0 fully saturated rings. The van der Waals surface area contributed by atoms with E-state index in [-0.39, 0.29) is 0 Å². The average Bonchev–Trinajstić information content (AvgIpc) is 2.42. The molecule has 0 atom stereocenters. The first kappa shape index (κ1) is 14.5. The van der Waals surface area contributed by atoms with Crippen LogP contribution in [-0.4, -0.2) is 17.0 Å². The largest absolute Gasteiger partial charge is 0.373 e. The first-order valence-electron chi connectivity index (χ1n) is 7.15. The molecule has 106 valence electrons. The van der Waals surface area contributed by atoms with Crippen molar-refractivity contribution in [1.82, 2.24) is 9.97 Å². The Morgan fingerprint density at radius 1 is 1.05 bits per heavy atom. The third-order valence-corrected chi connectivity index (χ3v) is 3.78. The molecule has 0 aliphatic carbocycles. The molecule has 2 aromatic rings. The lowest BCUT2D eigenvalue weighted by Gasteiger charge is -2.12. The van der Waals surface area contributed by atoms with Gasteiger partial charge in [-0.05, 0) is 43.9 Å². The van der Waals surface area contributed by atoms with Crippen molar-refractivity contribution in [3.8, 4) is 0 Å². The van der Waals surface area contributed by atoms with Crippen molar-refractivity contribution in [3.63, 3.8) is 0 Å². The van der Waals surface area contributed by atoms with Crippen LogP contribution in [-0.2, 0) is 12.8 Å². The van der Waals surface area contributed by atoms with Crippen LogP contribution in [0.3, 0.4) is 0 Å². The highest BCUT2D eigenvalue weighted by molar-refractivity contribution is 5.46. The van der Waals surface area contributed by atoms with Crippen molar-refractivity contribution in [2.45, 2.75) is 40.5 Å². The van der Waals surface area contributed by atoms with Gasteiger partial charge in [0.25, 0.3) is 0 Å². The Hall–Kier alpha value is -1.90. The van der Waals surface area contributed by atoms with Crippen LogP contribution in [0.15, 0.2) is 18.2 Å². The SMILES string of the molecule is CCc1c(C)nc(Cc2ccc(C)c(C)c2)nc1NC. The molecule has 0 unspecified atom stereocenters. The van der Waals surface area contributed by atoms with Gasteiger partial charge < -0.3 is 5.32 Å². The summed E-state index contributed by atoms with van der Waals surface area (Å²) in [4.78, 5) is 9.30. The summed E-state index contributed by atoms with van der Waals surface area (Å²) in [6.07, 6.45) is 1.73. The molecular weight excluding hydrogens is 246 g/mol. The van der Waals surface area contributed by atoms with E-state index < -0.39 is 0 Å². The Morgan fingerprint density at radius 2 is 1.80 bits per heavy atom. The summed E-state index contributed by atoms with van der Waals surface area (Å²) in [5.41, 5.74) is 6.18. The van der Waals surface area contributed by atoms with Crippen LogP contribution >= 0.6 is 0 Å². The molecular formula is C17H23N3. The van der Waals surface area contributed by atoms with E-state index in [0.717, 1.165) is 30.2 Å². The molecule has 1 aromatic carbocycles. The summed E-state index contributed by atoms with van der Waals surface area (Å²) in [7, 11) is 1.92. The molecule has 0 aliphatic heterocycles. The molecule has 3 heteroatoms. The van der Waals surface area contributed by atoms with Gasteiger partial charge in [-0.15, -0.1) is 0 Å². The van der Waals surface area contributed by atoms with Gasteiger partial charge in [0.1, 0.15) is 11.6 Å². The number of hydrogen-bond acceptors (Lipinski definition) is 3. The quantitative estimate of drug-likeness (QED) is 0.921. The molecule has 1 heterocycles. The fraction of sp³-hybridized carbons (Fsp3) is 0.412. The topological polar surface area (TPSA) is 37.8 Å². The second-order valence-corrected chi connectivity index (χ2v) is 5.25. The Kier molecular flexibility index (Phi) is 4.38. The first-order chi connectivity index (χ1) is 9.55. The molecule has 0 aliphatic rings. The van der Waals surface area contributed by atoms with E-state index in [4.69, 9.17) is 0 Å². The fourth-order valence-corrected chi connectivity index (χ4v) is 2.46.